The third-order valence-electron chi connectivity index (χ3n) is 5.42. The number of carbonyl (C=O) groups excluding carboxylic acids is 1. The van der Waals surface area contributed by atoms with Gasteiger partial charge in [-0.2, -0.15) is 0 Å². The number of benzene rings is 1. The van der Waals surface area contributed by atoms with E-state index in [9.17, 15) is 9.18 Å². The highest BCUT2D eigenvalue weighted by Gasteiger charge is 2.23. The van der Waals surface area contributed by atoms with Crippen molar-refractivity contribution in [3.8, 4) is 0 Å². The zero-order chi connectivity index (χ0) is 20.5. The van der Waals surface area contributed by atoms with Crippen LogP contribution in [0.15, 0.2) is 34.2 Å². The topological polar surface area (TPSA) is 51.2 Å². The lowest BCUT2D eigenvalue weighted by Crippen LogP contribution is -2.54. The van der Waals surface area contributed by atoms with Crippen molar-refractivity contribution in [1.82, 2.24) is 20.0 Å². The number of likely N-dealkylation sites (tertiary alicyclic amines) is 1. The summed E-state index contributed by atoms with van der Waals surface area (Å²) < 4.78 is 13.0. The van der Waals surface area contributed by atoms with Crippen LogP contribution >= 0.6 is 35.7 Å². The molecule has 2 fully saturated rings. The van der Waals surface area contributed by atoms with Gasteiger partial charge in [-0.15, -0.1) is 35.7 Å². The maximum atomic E-state index is 13.0. The number of piperazine rings is 1. The Hall–Kier alpha value is -1.07. The molecule has 0 atom stereocenters. The first-order chi connectivity index (χ1) is 14.2. The normalized spacial score (nSPS) is 18.1. The van der Waals surface area contributed by atoms with Crippen LogP contribution in [0.4, 0.5) is 4.39 Å². The van der Waals surface area contributed by atoms with E-state index in [-0.39, 0.29) is 35.7 Å². The molecule has 3 rings (SSSR count). The zero-order valence-electron chi connectivity index (χ0n) is 17.7. The fraction of sp³-hybridized carbons (Fsp3) is 0.619. The average molecular weight is 549 g/mol. The minimum Gasteiger partial charge on any atom is -0.355 e. The SMILES string of the molecule is CN=C(NCCSc1ccc(F)cc1)N1CCN(CC(=O)N2CCCCC2)CC1.I. The second-order valence-corrected chi connectivity index (χ2v) is 8.65. The molecule has 2 aliphatic heterocycles. The molecule has 0 aliphatic carbocycles. The minimum absolute atomic E-state index is 0. The lowest BCUT2D eigenvalue weighted by atomic mass is 10.1. The maximum absolute atomic E-state index is 13.0. The van der Waals surface area contributed by atoms with Gasteiger partial charge in [-0.25, -0.2) is 4.39 Å². The van der Waals surface area contributed by atoms with E-state index in [1.165, 1.54) is 18.6 Å². The number of hydrogen-bond donors (Lipinski definition) is 1. The van der Waals surface area contributed by atoms with E-state index in [4.69, 9.17) is 0 Å². The van der Waals surface area contributed by atoms with Crippen LogP contribution in [0, 0.1) is 5.82 Å². The molecule has 1 N–H and O–H groups in total. The highest BCUT2D eigenvalue weighted by molar-refractivity contribution is 14.0. The molecular weight excluding hydrogens is 516 g/mol. The molecule has 9 heteroatoms. The number of nitrogens with one attached hydrogen (secondary N) is 1. The Morgan fingerprint density at radius 3 is 2.33 bits per heavy atom. The predicted octanol–water partition coefficient (Wildman–Crippen LogP) is 2.74. The molecule has 0 unspecified atom stereocenters. The predicted molar refractivity (Wildman–Crippen MR) is 132 cm³/mol. The van der Waals surface area contributed by atoms with Crippen molar-refractivity contribution in [1.29, 1.82) is 0 Å². The molecule has 1 aromatic rings. The number of halogens is 2. The Bertz CT molecular complexity index is 676. The van der Waals surface area contributed by atoms with E-state index >= 15 is 0 Å². The number of amides is 1. The smallest absolute Gasteiger partial charge is 0.236 e. The van der Waals surface area contributed by atoms with Crippen molar-refractivity contribution in [3.05, 3.63) is 30.1 Å². The molecule has 0 bridgehead atoms. The fourth-order valence-electron chi connectivity index (χ4n) is 3.75. The Kier molecular flexibility index (Phi) is 11.2. The van der Waals surface area contributed by atoms with Gasteiger partial charge in [-0.05, 0) is 43.5 Å². The second-order valence-electron chi connectivity index (χ2n) is 7.48. The van der Waals surface area contributed by atoms with Crippen LogP contribution in [0.2, 0.25) is 0 Å². The molecule has 0 saturated carbocycles. The van der Waals surface area contributed by atoms with Crippen molar-refractivity contribution >= 4 is 47.6 Å². The summed E-state index contributed by atoms with van der Waals surface area (Å²) in [4.78, 5) is 24.5. The molecule has 0 radical (unpaired) electrons. The van der Waals surface area contributed by atoms with E-state index in [1.54, 1.807) is 23.9 Å². The Morgan fingerprint density at radius 2 is 1.70 bits per heavy atom. The van der Waals surface area contributed by atoms with Crippen LogP contribution in [0.25, 0.3) is 0 Å². The molecule has 2 saturated heterocycles. The molecule has 2 aliphatic rings. The summed E-state index contributed by atoms with van der Waals surface area (Å²) in [5.41, 5.74) is 0. The first kappa shape index (κ1) is 25.2. The molecule has 30 heavy (non-hydrogen) atoms. The molecule has 0 spiro atoms. The van der Waals surface area contributed by atoms with Gasteiger partial charge in [0.1, 0.15) is 5.82 Å². The summed E-state index contributed by atoms with van der Waals surface area (Å²) in [6, 6.07) is 6.59. The highest BCUT2D eigenvalue weighted by atomic mass is 127. The van der Waals surface area contributed by atoms with E-state index < -0.39 is 0 Å². The summed E-state index contributed by atoms with van der Waals surface area (Å²) in [7, 11) is 1.81. The van der Waals surface area contributed by atoms with E-state index in [0.717, 1.165) is 75.3 Å². The summed E-state index contributed by atoms with van der Waals surface area (Å²) in [6.07, 6.45) is 3.53. The van der Waals surface area contributed by atoms with Gasteiger partial charge in [0.05, 0.1) is 6.54 Å². The lowest BCUT2D eigenvalue weighted by Gasteiger charge is -2.37. The number of aliphatic imine (C=N–C) groups is 1. The molecular formula is C21H33FIN5OS. The van der Waals surface area contributed by atoms with Crippen molar-refractivity contribution in [2.45, 2.75) is 24.2 Å². The summed E-state index contributed by atoms with van der Waals surface area (Å²) in [5.74, 6) is 1.87. The lowest BCUT2D eigenvalue weighted by molar-refractivity contribution is -0.133. The van der Waals surface area contributed by atoms with E-state index in [1.807, 2.05) is 11.9 Å². The van der Waals surface area contributed by atoms with Crippen molar-refractivity contribution in [2.75, 3.05) is 65.2 Å². The molecule has 2 heterocycles. The summed E-state index contributed by atoms with van der Waals surface area (Å²) in [5, 5.41) is 3.42. The van der Waals surface area contributed by atoms with Gasteiger partial charge in [0.15, 0.2) is 5.96 Å². The summed E-state index contributed by atoms with van der Waals surface area (Å²) >= 11 is 1.70. The summed E-state index contributed by atoms with van der Waals surface area (Å²) in [6.45, 7) is 6.68. The molecule has 0 aromatic heterocycles. The monoisotopic (exact) mass is 549 g/mol. The molecule has 1 aromatic carbocycles. The van der Waals surface area contributed by atoms with Gasteiger partial charge in [-0.1, -0.05) is 0 Å². The van der Waals surface area contributed by atoms with Gasteiger partial charge in [-0.3, -0.25) is 14.7 Å². The molecule has 168 valence electrons. The van der Waals surface area contributed by atoms with Crippen molar-refractivity contribution in [3.63, 3.8) is 0 Å². The van der Waals surface area contributed by atoms with Crippen LogP contribution < -0.4 is 5.32 Å². The van der Waals surface area contributed by atoms with Crippen LogP contribution in [-0.2, 0) is 4.79 Å². The van der Waals surface area contributed by atoms with Crippen molar-refractivity contribution < 1.29 is 9.18 Å². The molecule has 6 nitrogen and oxygen atoms in total. The quantitative estimate of drug-likeness (QED) is 0.195. The van der Waals surface area contributed by atoms with Gasteiger partial charge in [0.2, 0.25) is 5.91 Å². The van der Waals surface area contributed by atoms with Gasteiger partial charge < -0.3 is 15.1 Å². The molecule has 1 amide bonds. The maximum Gasteiger partial charge on any atom is 0.236 e. The van der Waals surface area contributed by atoms with Crippen LogP contribution in [0.5, 0.6) is 0 Å². The number of thioether (sulfide) groups is 1. The van der Waals surface area contributed by atoms with Gasteiger partial charge in [0.25, 0.3) is 0 Å². The zero-order valence-corrected chi connectivity index (χ0v) is 20.8. The van der Waals surface area contributed by atoms with Gasteiger partial charge >= 0.3 is 0 Å². The third-order valence-corrected chi connectivity index (χ3v) is 6.43. The van der Waals surface area contributed by atoms with E-state index in [0.29, 0.717) is 6.54 Å². The highest BCUT2D eigenvalue weighted by Crippen LogP contribution is 2.17. The number of guanidine groups is 1. The van der Waals surface area contributed by atoms with Crippen LogP contribution in [0.3, 0.4) is 0 Å². The Labute approximate surface area is 200 Å². The van der Waals surface area contributed by atoms with Crippen LogP contribution in [0.1, 0.15) is 19.3 Å². The average Bonchev–Trinajstić information content (AvgIpc) is 2.76. The van der Waals surface area contributed by atoms with E-state index in [2.05, 4.69) is 20.1 Å². The number of nitrogens with zero attached hydrogens (tertiary/aromatic N) is 4. The standard InChI is InChI=1S/C21H32FN5OS.HI/c1-23-21(24-9-16-29-19-7-5-18(22)6-8-19)27-14-12-25(13-15-27)17-20(28)26-10-3-2-4-11-26;/h5-8H,2-4,9-17H2,1H3,(H,23,24);1H. The Morgan fingerprint density at radius 1 is 1.03 bits per heavy atom. The number of carbonyl (C=O) groups is 1. The first-order valence-electron chi connectivity index (χ1n) is 10.5. The fourth-order valence-corrected chi connectivity index (χ4v) is 4.52. The largest absolute Gasteiger partial charge is 0.355 e. The second kappa shape index (κ2) is 13.4. The number of piperidine rings is 1. The first-order valence-corrected chi connectivity index (χ1v) is 11.5. The van der Waals surface area contributed by atoms with Crippen molar-refractivity contribution in [2.24, 2.45) is 4.99 Å². The van der Waals surface area contributed by atoms with Crippen LogP contribution in [-0.4, -0.2) is 91.7 Å². The minimum atomic E-state index is -0.204. The third kappa shape index (κ3) is 7.88. The Balaban J connectivity index is 0.00000320. The number of rotatable bonds is 6. The number of hydrogen-bond acceptors (Lipinski definition) is 4. The van der Waals surface area contributed by atoms with Gasteiger partial charge in [0, 0.05) is 63.5 Å².